The van der Waals surface area contributed by atoms with Gasteiger partial charge >= 0.3 is 0 Å². The van der Waals surface area contributed by atoms with E-state index >= 15 is 0 Å². The van der Waals surface area contributed by atoms with E-state index in [0.717, 1.165) is 5.69 Å². The van der Waals surface area contributed by atoms with Crippen LogP contribution in [0, 0.1) is 0 Å². The molecule has 0 unspecified atom stereocenters. The van der Waals surface area contributed by atoms with Gasteiger partial charge in [-0.3, -0.25) is 19.0 Å². The third kappa shape index (κ3) is 2.96. The second-order valence-corrected chi connectivity index (χ2v) is 5.81. The van der Waals surface area contributed by atoms with Crippen LogP contribution in [0.25, 0.3) is 5.65 Å². The zero-order valence-corrected chi connectivity index (χ0v) is 13.5. The number of hydrogen-bond acceptors (Lipinski definition) is 5. The van der Waals surface area contributed by atoms with Gasteiger partial charge in [0.05, 0.1) is 24.0 Å². The molecule has 7 nitrogen and oxygen atoms in total. The molecule has 0 atom stereocenters. The van der Waals surface area contributed by atoms with E-state index in [-0.39, 0.29) is 24.6 Å². The Labute approximate surface area is 143 Å². The Bertz CT molecular complexity index is 985. The van der Waals surface area contributed by atoms with Crippen molar-refractivity contribution in [3.63, 3.8) is 0 Å². The minimum Gasteiger partial charge on any atom is -0.482 e. The zero-order chi connectivity index (χ0) is 17.2. The number of nitrogens with zero attached hydrogens (tertiary/aromatic N) is 4. The van der Waals surface area contributed by atoms with E-state index in [1.807, 2.05) is 6.07 Å². The van der Waals surface area contributed by atoms with Crippen LogP contribution >= 0.6 is 0 Å². The molecule has 1 amide bonds. The van der Waals surface area contributed by atoms with E-state index in [2.05, 4.69) is 9.97 Å². The van der Waals surface area contributed by atoms with E-state index in [1.54, 1.807) is 47.8 Å². The molecule has 0 saturated carbocycles. The van der Waals surface area contributed by atoms with Crippen molar-refractivity contribution in [1.29, 1.82) is 0 Å². The standard InChI is InChI=1S/C18H16N4O3/c23-17(12-25-13-4-3-7-19-10-13)21-9-6-15-14(11-21)18(24)22-8-2-1-5-16(22)20-15/h1-5,7-8,10H,6,9,11-12H2. The molecule has 0 radical (unpaired) electrons. The van der Waals surface area contributed by atoms with Gasteiger partial charge in [-0.2, -0.15) is 0 Å². The fourth-order valence-corrected chi connectivity index (χ4v) is 2.93. The molecule has 4 heterocycles. The molecule has 0 N–H and O–H groups in total. The number of aromatic nitrogens is 3. The number of hydrogen-bond donors (Lipinski definition) is 0. The summed E-state index contributed by atoms with van der Waals surface area (Å²) in [7, 11) is 0. The number of amides is 1. The Balaban J connectivity index is 1.53. The Morgan fingerprint density at radius 1 is 1.24 bits per heavy atom. The first kappa shape index (κ1) is 15.3. The number of rotatable bonds is 3. The quantitative estimate of drug-likeness (QED) is 0.715. The maximum absolute atomic E-state index is 12.7. The van der Waals surface area contributed by atoms with Crippen LogP contribution in [0.3, 0.4) is 0 Å². The molecule has 7 heteroatoms. The minimum atomic E-state index is -0.160. The Hall–Kier alpha value is -3.22. The first-order chi connectivity index (χ1) is 12.2. The normalized spacial score (nSPS) is 13.5. The predicted molar refractivity (Wildman–Crippen MR) is 90.3 cm³/mol. The highest BCUT2D eigenvalue weighted by atomic mass is 16.5. The molecule has 3 aromatic rings. The van der Waals surface area contributed by atoms with Crippen molar-refractivity contribution in [2.75, 3.05) is 13.2 Å². The molecule has 0 spiro atoms. The molecule has 1 aliphatic heterocycles. The summed E-state index contributed by atoms with van der Waals surface area (Å²) >= 11 is 0. The highest BCUT2D eigenvalue weighted by Crippen LogP contribution is 2.15. The Kier molecular flexibility index (Phi) is 3.89. The average molecular weight is 336 g/mol. The highest BCUT2D eigenvalue weighted by Gasteiger charge is 2.25. The van der Waals surface area contributed by atoms with Crippen LogP contribution in [0.2, 0.25) is 0 Å². The number of ether oxygens (including phenoxy) is 1. The Morgan fingerprint density at radius 2 is 2.16 bits per heavy atom. The van der Waals surface area contributed by atoms with Crippen molar-refractivity contribution >= 4 is 11.6 Å². The third-order valence-electron chi connectivity index (χ3n) is 4.23. The maximum atomic E-state index is 12.7. The van der Waals surface area contributed by atoms with Crippen molar-refractivity contribution in [2.45, 2.75) is 13.0 Å². The van der Waals surface area contributed by atoms with Crippen LogP contribution in [-0.4, -0.2) is 38.3 Å². The smallest absolute Gasteiger partial charge is 0.263 e. The monoisotopic (exact) mass is 336 g/mol. The largest absolute Gasteiger partial charge is 0.482 e. The SMILES string of the molecule is O=C(COc1cccnc1)N1CCc2nc3ccccn3c(=O)c2C1. The topological polar surface area (TPSA) is 76.8 Å². The van der Waals surface area contributed by atoms with Crippen LogP contribution in [-0.2, 0) is 17.8 Å². The summed E-state index contributed by atoms with van der Waals surface area (Å²) in [6.07, 6.45) is 5.45. The maximum Gasteiger partial charge on any atom is 0.263 e. The lowest BCUT2D eigenvalue weighted by molar-refractivity contribution is -0.134. The van der Waals surface area contributed by atoms with Gasteiger partial charge in [-0.1, -0.05) is 6.07 Å². The molecule has 3 aromatic heterocycles. The zero-order valence-electron chi connectivity index (χ0n) is 13.5. The number of carbonyl (C=O) groups is 1. The lowest BCUT2D eigenvalue weighted by Crippen LogP contribution is -2.42. The first-order valence-electron chi connectivity index (χ1n) is 8.02. The van der Waals surface area contributed by atoms with Crippen molar-refractivity contribution in [3.8, 4) is 5.75 Å². The van der Waals surface area contributed by atoms with E-state index in [1.165, 1.54) is 4.40 Å². The van der Waals surface area contributed by atoms with E-state index in [0.29, 0.717) is 29.9 Å². The average Bonchev–Trinajstić information content (AvgIpc) is 2.67. The molecule has 0 aromatic carbocycles. The van der Waals surface area contributed by atoms with Crippen molar-refractivity contribution in [2.24, 2.45) is 0 Å². The van der Waals surface area contributed by atoms with Crippen LogP contribution < -0.4 is 10.3 Å². The first-order valence-corrected chi connectivity index (χ1v) is 8.02. The summed E-state index contributed by atoms with van der Waals surface area (Å²) < 4.78 is 6.97. The van der Waals surface area contributed by atoms with Crippen LogP contribution in [0.15, 0.2) is 53.7 Å². The molecule has 4 rings (SSSR count). The molecule has 0 saturated heterocycles. The van der Waals surface area contributed by atoms with Gasteiger partial charge < -0.3 is 9.64 Å². The summed E-state index contributed by atoms with van der Waals surface area (Å²) in [5.41, 5.74) is 1.86. The minimum absolute atomic E-state index is 0.0800. The lowest BCUT2D eigenvalue weighted by atomic mass is 10.1. The van der Waals surface area contributed by atoms with Gasteiger partial charge in [0.15, 0.2) is 6.61 Å². The van der Waals surface area contributed by atoms with Gasteiger partial charge in [0, 0.05) is 25.4 Å². The van der Waals surface area contributed by atoms with Gasteiger partial charge in [-0.05, 0) is 24.3 Å². The molecular weight excluding hydrogens is 320 g/mol. The molecule has 126 valence electrons. The van der Waals surface area contributed by atoms with Gasteiger partial charge in [-0.15, -0.1) is 0 Å². The predicted octanol–water partition coefficient (Wildman–Crippen LogP) is 1.05. The van der Waals surface area contributed by atoms with E-state index in [9.17, 15) is 9.59 Å². The molecule has 0 bridgehead atoms. The Morgan fingerprint density at radius 3 is 3.00 bits per heavy atom. The molecule has 0 aliphatic carbocycles. The summed E-state index contributed by atoms with van der Waals surface area (Å²) in [6, 6.07) is 8.93. The van der Waals surface area contributed by atoms with Gasteiger partial charge in [0.25, 0.3) is 11.5 Å². The second-order valence-electron chi connectivity index (χ2n) is 5.81. The number of fused-ring (bicyclic) bond motifs is 2. The van der Waals surface area contributed by atoms with Crippen LogP contribution in [0.5, 0.6) is 5.75 Å². The van der Waals surface area contributed by atoms with Gasteiger partial charge in [-0.25, -0.2) is 4.98 Å². The summed E-state index contributed by atoms with van der Waals surface area (Å²) in [5, 5.41) is 0. The van der Waals surface area contributed by atoms with Crippen LogP contribution in [0.4, 0.5) is 0 Å². The molecule has 0 fully saturated rings. The summed E-state index contributed by atoms with van der Waals surface area (Å²) in [4.78, 5) is 35.2. The highest BCUT2D eigenvalue weighted by molar-refractivity contribution is 5.78. The van der Waals surface area contributed by atoms with Crippen molar-refractivity contribution in [3.05, 3.63) is 70.5 Å². The second kappa shape index (κ2) is 6.35. The fourth-order valence-electron chi connectivity index (χ4n) is 2.93. The lowest BCUT2D eigenvalue weighted by Gasteiger charge is -2.28. The summed E-state index contributed by atoms with van der Waals surface area (Å²) in [5.74, 6) is 0.382. The van der Waals surface area contributed by atoms with Crippen molar-refractivity contribution < 1.29 is 9.53 Å². The fraction of sp³-hybridized carbons (Fsp3) is 0.222. The molecule has 25 heavy (non-hydrogen) atoms. The summed E-state index contributed by atoms with van der Waals surface area (Å²) in [6.45, 7) is 0.704. The van der Waals surface area contributed by atoms with Crippen molar-refractivity contribution in [1.82, 2.24) is 19.3 Å². The van der Waals surface area contributed by atoms with Gasteiger partial charge in [0.2, 0.25) is 0 Å². The molecule has 1 aliphatic rings. The third-order valence-corrected chi connectivity index (χ3v) is 4.23. The number of carbonyl (C=O) groups excluding carboxylic acids is 1. The molecular formula is C18H16N4O3. The van der Waals surface area contributed by atoms with Crippen LogP contribution in [0.1, 0.15) is 11.3 Å². The van der Waals surface area contributed by atoms with E-state index in [4.69, 9.17) is 4.74 Å². The van der Waals surface area contributed by atoms with E-state index < -0.39 is 0 Å². The van der Waals surface area contributed by atoms with Gasteiger partial charge in [0.1, 0.15) is 11.4 Å². The number of pyridine rings is 2.